The SMILES string of the molecule is CC(=O)OCC1OC(OC2C(COCc3ccccc3)OC(OC(=N)C(Cl)(Cl)Cl)C(N3C(=O)C(C)=C(C)C3=O)C2OCc2ccccc2)C(OC(C)=O)C(OC(C)=O)C1OC(C)=O. The molecule has 0 radical (unpaired) electrons. The lowest BCUT2D eigenvalue weighted by molar-refractivity contribution is -0.353. The number of rotatable bonds is 16. The van der Waals surface area contributed by atoms with E-state index in [9.17, 15) is 28.8 Å². The highest BCUT2D eigenvalue weighted by Crippen LogP contribution is 2.39. The second kappa shape index (κ2) is 21.8. The number of nitrogens with zero attached hydrogens (tertiary/aromatic N) is 1. The second-order valence-corrected chi connectivity index (χ2v) is 16.9. The molecule has 0 aromatic heterocycles. The van der Waals surface area contributed by atoms with Gasteiger partial charge in [0.1, 0.15) is 37.1 Å². The van der Waals surface area contributed by atoms with Gasteiger partial charge >= 0.3 is 23.9 Å². The van der Waals surface area contributed by atoms with Crippen LogP contribution in [0, 0.1) is 5.41 Å². The Bertz CT molecular complexity index is 2010. The molecule has 18 nitrogen and oxygen atoms in total. The molecule has 0 saturated carbocycles. The van der Waals surface area contributed by atoms with E-state index in [-0.39, 0.29) is 31.0 Å². The molecule has 0 aliphatic carbocycles. The number of halogens is 3. The maximum Gasteiger partial charge on any atom is 0.303 e. The lowest BCUT2D eigenvalue weighted by Gasteiger charge is -2.50. The Morgan fingerprint density at radius 3 is 1.65 bits per heavy atom. The monoisotopic (exact) mass is 940 g/mol. The summed E-state index contributed by atoms with van der Waals surface area (Å²) >= 11 is 18.2. The number of nitrogens with one attached hydrogen (secondary N) is 1. The highest BCUT2D eigenvalue weighted by molar-refractivity contribution is 6.76. The normalized spacial score (nSPS) is 27.4. The molecule has 21 heteroatoms. The molecule has 5 rings (SSSR count). The summed E-state index contributed by atoms with van der Waals surface area (Å²) in [5.41, 5.74) is 1.56. The lowest BCUT2D eigenvalue weighted by Crippen LogP contribution is -2.70. The third kappa shape index (κ3) is 12.8. The number of hydrogen-bond acceptors (Lipinski definition) is 17. The van der Waals surface area contributed by atoms with E-state index < -0.39 is 113 Å². The minimum Gasteiger partial charge on any atom is -0.463 e. The van der Waals surface area contributed by atoms with Crippen LogP contribution in [0.15, 0.2) is 71.8 Å². The average Bonchev–Trinajstić information content (AvgIpc) is 3.40. The van der Waals surface area contributed by atoms with Crippen molar-refractivity contribution in [3.8, 4) is 0 Å². The molecule has 10 atom stereocenters. The summed E-state index contributed by atoms with van der Waals surface area (Å²) in [5, 5.41) is 8.54. The van der Waals surface area contributed by atoms with Crippen LogP contribution in [-0.2, 0) is 89.3 Å². The molecule has 2 amide bonds. The first-order valence-corrected chi connectivity index (χ1v) is 20.7. The second-order valence-electron chi connectivity index (χ2n) is 14.6. The van der Waals surface area contributed by atoms with Gasteiger partial charge in [0.05, 0.1) is 19.8 Å². The minimum atomic E-state index is -2.45. The van der Waals surface area contributed by atoms with E-state index in [0.717, 1.165) is 38.2 Å². The van der Waals surface area contributed by atoms with E-state index in [1.165, 1.54) is 13.8 Å². The number of hydrogen-bond donors (Lipinski definition) is 1. The van der Waals surface area contributed by atoms with Crippen LogP contribution in [0.3, 0.4) is 0 Å². The first kappa shape index (κ1) is 49.4. The van der Waals surface area contributed by atoms with Gasteiger partial charge in [-0.3, -0.25) is 39.1 Å². The Kier molecular flexibility index (Phi) is 17.1. The van der Waals surface area contributed by atoms with E-state index in [4.69, 9.17) is 87.6 Å². The van der Waals surface area contributed by atoms with Crippen molar-refractivity contribution in [1.29, 1.82) is 5.41 Å². The molecule has 3 aliphatic heterocycles. The maximum atomic E-state index is 14.1. The zero-order valence-electron chi connectivity index (χ0n) is 35.0. The number of amides is 2. The van der Waals surface area contributed by atoms with Crippen LogP contribution in [0.1, 0.15) is 52.7 Å². The van der Waals surface area contributed by atoms with Crippen LogP contribution >= 0.6 is 34.8 Å². The molecule has 3 aliphatic rings. The summed E-state index contributed by atoms with van der Waals surface area (Å²) in [5.74, 6) is -5.87. The van der Waals surface area contributed by atoms with Crippen molar-refractivity contribution in [2.45, 2.75) is 120 Å². The summed E-state index contributed by atoms with van der Waals surface area (Å²) in [7, 11) is 0. The molecule has 2 saturated heterocycles. The van der Waals surface area contributed by atoms with Gasteiger partial charge in [0.2, 0.25) is 12.2 Å². The van der Waals surface area contributed by atoms with Gasteiger partial charge in [0.15, 0.2) is 24.6 Å². The van der Waals surface area contributed by atoms with Gasteiger partial charge in [-0.1, -0.05) is 95.5 Å². The maximum absolute atomic E-state index is 14.1. The molecule has 0 bridgehead atoms. The predicted octanol–water partition coefficient (Wildman–Crippen LogP) is 4.42. The van der Waals surface area contributed by atoms with Gasteiger partial charge < -0.3 is 47.4 Å². The standard InChI is InChI=1S/C42H47Cl3N2O16/c1-21-22(2)38(53)47(37(21)52)31-34(56-18-28-15-11-8-12-16-28)32(29(19-54-17-27-13-9-7-10-14-27)60-39(31)63-41(46)42(43,44)45)62-40-36(59-26(6)51)35(58-25(5)50)33(57-24(4)49)30(61-40)20-55-23(3)48/h7-16,29-36,39-40,46H,17-20H2,1-6H3. The van der Waals surface area contributed by atoms with Crippen LogP contribution in [0.5, 0.6) is 0 Å². The van der Waals surface area contributed by atoms with Crippen LogP contribution in [-0.4, -0.2) is 125 Å². The van der Waals surface area contributed by atoms with Crippen molar-refractivity contribution in [3.63, 3.8) is 0 Å². The zero-order chi connectivity index (χ0) is 46.2. The summed E-state index contributed by atoms with van der Waals surface area (Å²) in [4.78, 5) is 78.9. The Morgan fingerprint density at radius 2 is 1.13 bits per heavy atom. The van der Waals surface area contributed by atoms with Gasteiger partial charge in [0, 0.05) is 38.8 Å². The largest absolute Gasteiger partial charge is 0.463 e. The smallest absolute Gasteiger partial charge is 0.303 e. The first-order valence-electron chi connectivity index (χ1n) is 19.5. The number of alkyl halides is 3. The van der Waals surface area contributed by atoms with E-state index in [0.29, 0.717) is 5.56 Å². The van der Waals surface area contributed by atoms with Gasteiger partial charge in [-0.25, -0.2) is 0 Å². The summed E-state index contributed by atoms with van der Waals surface area (Å²) in [6, 6.07) is 16.2. The Labute approximate surface area is 377 Å². The lowest BCUT2D eigenvalue weighted by atomic mass is 9.93. The van der Waals surface area contributed by atoms with Crippen LogP contribution in [0.2, 0.25) is 0 Å². The fourth-order valence-electron chi connectivity index (χ4n) is 7.06. The van der Waals surface area contributed by atoms with E-state index in [2.05, 4.69) is 0 Å². The number of esters is 4. The van der Waals surface area contributed by atoms with Crippen molar-refractivity contribution < 1.29 is 76.1 Å². The summed E-state index contributed by atoms with van der Waals surface area (Å²) in [6.07, 6.45) is -14.3. The fourth-order valence-corrected chi connectivity index (χ4v) is 7.20. The fraction of sp³-hybridized carbons (Fsp3) is 0.500. The minimum absolute atomic E-state index is 0.0341. The average molecular weight is 942 g/mol. The summed E-state index contributed by atoms with van der Waals surface area (Å²) < 4.78 is 57.8. The van der Waals surface area contributed by atoms with E-state index >= 15 is 0 Å². The number of benzene rings is 2. The zero-order valence-corrected chi connectivity index (χ0v) is 37.3. The third-order valence-corrected chi connectivity index (χ3v) is 10.5. The topological polar surface area (TPSA) is 222 Å². The van der Waals surface area contributed by atoms with Crippen LogP contribution in [0.4, 0.5) is 0 Å². The molecule has 10 unspecified atom stereocenters. The number of carbonyl (C=O) groups excluding carboxylic acids is 6. The molecular weight excluding hydrogens is 895 g/mol. The highest BCUT2D eigenvalue weighted by Gasteiger charge is 2.59. The molecule has 63 heavy (non-hydrogen) atoms. The quantitative estimate of drug-likeness (QED) is 0.0615. The van der Waals surface area contributed by atoms with Crippen LogP contribution in [0.25, 0.3) is 0 Å². The molecule has 342 valence electrons. The Balaban J connectivity index is 1.69. The van der Waals surface area contributed by atoms with E-state index in [1.54, 1.807) is 42.5 Å². The van der Waals surface area contributed by atoms with Gasteiger partial charge in [-0.05, 0) is 25.0 Å². The van der Waals surface area contributed by atoms with Gasteiger partial charge in [-0.2, -0.15) is 0 Å². The molecular formula is C42H47Cl3N2O16. The molecule has 0 spiro atoms. The number of carbonyl (C=O) groups is 6. The molecule has 2 aromatic carbocycles. The highest BCUT2D eigenvalue weighted by atomic mass is 35.6. The predicted molar refractivity (Wildman–Crippen MR) is 220 cm³/mol. The summed E-state index contributed by atoms with van der Waals surface area (Å²) in [6.45, 7) is 6.14. The van der Waals surface area contributed by atoms with Crippen molar-refractivity contribution in [3.05, 3.63) is 82.9 Å². The molecule has 1 N–H and O–H groups in total. The van der Waals surface area contributed by atoms with Crippen molar-refractivity contribution in [2.24, 2.45) is 0 Å². The number of ether oxygens (including phenoxy) is 10. The Morgan fingerprint density at radius 1 is 0.635 bits per heavy atom. The van der Waals surface area contributed by atoms with E-state index in [1.807, 2.05) is 18.2 Å². The third-order valence-electron chi connectivity index (χ3n) is 9.96. The number of imide groups is 1. The molecule has 2 aromatic rings. The Hall–Kier alpha value is -4.66. The van der Waals surface area contributed by atoms with Crippen molar-refractivity contribution in [1.82, 2.24) is 4.90 Å². The van der Waals surface area contributed by atoms with Crippen LogP contribution < -0.4 is 0 Å². The molecule has 3 heterocycles. The van der Waals surface area contributed by atoms with Gasteiger partial charge in [0.25, 0.3) is 15.6 Å². The van der Waals surface area contributed by atoms with Crippen molar-refractivity contribution in [2.75, 3.05) is 13.2 Å². The van der Waals surface area contributed by atoms with Gasteiger partial charge in [-0.15, -0.1) is 0 Å². The first-order chi connectivity index (χ1) is 29.8. The molecule has 2 fully saturated rings. The van der Waals surface area contributed by atoms with Crippen molar-refractivity contribution >= 4 is 76.4 Å².